The first-order valence-electron chi connectivity index (χ1n) is 6.70. The highest BCUT2D eigenvalue weighted by Gasteiger charge is 2.09. The predicted molar refractivity (Wildman–Crippen MR) is 78.2 cm³/mol. The molecule has 0 aliphatic rings. The Hall–Kier alpha value is -1.06. The van der Waals surface area contributed by atoms with Crippen molar-refractivity contribution in [3.63, 3.8) is 0 Å². The van der Waals surface area contributed by atoms with E-state index in [0.717, 1.165) is 19.7 Å². The van der Waals surface area contributed by atoms with Crippen molar-refractivity contribution in [2.24, 2.45) is 0 Å². The van der Waals surface area contributed by atoms with Crippen LogP contribution in [0, 0.1) is 0 Å². The van der Waals surface area contributed by atoms with Crippen molar-refractivity contribution in [2.45, 2.75) is 32.9 Å². The van der Waals surface area contributed by atoms with Gasteiger partial charge in [0, 0.05) is 32.4 Å². The lowest BCUT2D eigenvalue weighted by atomic mass is 10.1. The van der Waals surface area contributed by atoms with E-state index in [4.69, 9.17) is 4.74 Å². The monoisotopic (exact) mass is 250 g/mol. The second-order valence-corrected chi connectivity index (χ2v) is 4.76. The fourth-order valence-electron chi connectivity index (χ4n) is 1.87. The molecule has 0 aliphatic heterocycles. The van der Waals surface area contributed by atoms with Crippen LogP contribution < -0.4 is 10.2 Å². The fourth-order valence-corrected chi connectivity index (χ4v) is 1.87. The van der Waals surface area contributed by atoms with Gasteiger partial charge in [0.05, 0.1) is 6.61 Å². The summed E-state index contributed by atoms with van der Waals surface area (Å²) in [6.07, 6.45) is 1.18. The number of rotatable bonds is 8. The molecular weight excluding hydrogens is 224 g/mol. The standard InChI is InChI=1S/C15H26N2O/c1-5-10-16-11-14-6-8-15(9-7-14)17(3)13(2)12-18-4/h6-9,13,16H,5,10-12H2,1-4H3. The van der Waals surface area contributed by atoms with Gasteiger partial charge in [0.2, 0.25) is 0 Å². The Bertz CT molecular complexity index is 324. The fraction of sp³-hybridized carbons (Fsp3) is 0.600. The van der Waals surface area contributed by atoms with Crippen LogP contribution in [0.4, 0.5) is 5.69 Å². The number of ether oxygens (including phenoxy) is 1. The Morgan fingerprint density at radius 2 is 1.94 bits per heavy atom. The number of likely N-dealkylation sites (N-methyl/N-ethyl adjacent to an activating group) is 1. The van der Waals surface area contributed by atoms with Crippen LogP contribution in [0.15, 0.2) is 24.3 Å². The molecule has 3 nitrogen and oxygen atoms in total. The van der Waals surface area contributed by atoms with Gasteiger partial charge in [0.15, 0.2) is 0 Å². The highest BCUT2D eigenvalue weighted by molar-refractivity contribution is 5.47. The van der Waals surface area contributed by atoms with Crippen molar-refractivity contribution >= 4 is 5.69 Å². The van der Waals surface area contributed by atoms with Crippen molar-refractivity contribution in [1.82, 2.24) is 5.32 Å². The number of methoxy groups -OCH3 is 1. The minimum atomic E-state index is 0.388. The zero-order valence-corrected chi connectivity index (χ0v) is 12.1. The molecule has 0 radical (unpaired) electrons. The average Bonchev–Trinajstić information content (AvgIpc) is 2.39. The molecule has 0 fully saturated rings. The van der Waals surface area contributed by atoms with E-state index in [2.05, 4.69) is 55.4 Å². The molecule has 1 aromatic carbocycles. The van der Waals surface area contributed by atoms with Crippen molar-refractivity contribution in [2.75, 3.05) is 32.2 Å². The number of nitrogens with zero attached hydrogens (tertiary/aromatic N) is 1. The molecule has 1 unspecified atom stereocenters. The van der Waals surface area contributed by atoms with Crippen molar-refractivity contribution in [3.05, 3.63) is 29.8 Å². The van der Waals surface area contributed by atoms with E-state index in [1.54, 1.807) is 7.11 Å². The van der Waals surface area contributed by atoms with E-state index in [-0.39, 0.29) is 0 Å². The smallest absolute Gasteiger partial charge is 0.0663 e. The van der Waals surface area contributed by atoms with Gasteiger partial charge >= 0.3 is 0 Å². The van der Waals surface area contributed by atoms with E-state index < -0.39 is 0 Å². The summed E-state index contributed by atoms with van der Waals surface area (Å²) in [6, 6.07) is 9.12. The molecule has 18 heavy (non-hydrogen) atoms. The van der Waals surface area contributed by atoms with Crippen LogP contribution >= 0.6 is 0 Å². The van der Waals surface area contributed by atoms with E-state index in [1.165, 1.54) is 17.7 Å². The third-order valence-corrected chi connectivity index (χ3v) is 3.17. The molecule has 0 bridgehead atoms. The third kappa shape index (κ3) is 4.67. The van der Waals surface area contributed by atoms with E-state index in [1.807, 2.05) is 0 Å². The lowest BCUT2D eigenvalue weighted by Crippen LogP contribution is -2.32. The first kappa shape index (κ1) is 15.0. The molecule has 102 valence electrons. The molecule has 0 saturated carbocycles. The number of benzene rings is 1. The molecule has 1 rings (SSSR count). The van der Waals surface area contributed by atoms with Crippen LogP contribution in [-0.4, -0.2) is 33.4 Å². The van der Waals surface area contributed by atoms with Gasteiger partial charge in [-0.15, -0.1) is 0 Å². The first-order chi connectivity index (χ1) is 8.69. The van der Waals surface area contributed by atoms with Gasteiger partial charge in [0.1, 0.15) is 0 Å². The van der Waals surface area contributed by atoms with Gasteiger partial charge in [-0.05, 0) is 37.6 Å². The van der Waals surface area contributed by atoms with E-state index in [9.17, 15) is 0 Å². The minimum absolute atomic E-state index is 0.388. The topological polar surface area (TPSA) is 24.5 Å². The molecule has 0 aromatic heterocycles. The SMILES string of the molecule is CCCNCc1ccc(N(C)C(C)COC)cc1. The second-order valence-electron chi connectivity index (χ2n) is 4.76. The van der Waals surface area contributed by atoms with Gasteiger partial charge in [0.25, 0.3) is 0 Å². The molecule has 0 aliphatic carbocycles. The van der Waals surface area contributed by atoms with Crippen LogP contribution in [0.2, 0.25) is 0 Å². The molecule has 0 amide bonds. The minimum Gasteiger partial charge on any atom is -0.383 e. The Morgan fingerprint density at radius 3 is 2.50 bits per heavy atom. The summed E-state index contributed by atoms with van der Waals surface area (Å²) >= 11 is 0. The van der Waals surface area contributed by atoms with Crippen LogP contribution in [0.5, 0.6) is 0 Å². The van der Waals surface area contributed by atoms with Gasteiger partial charge in [-0.3, -0.25) is 0 Å². The molecule has 1 aromatic rings. The molecule has 0 saturated heterocycles. The van der Waals surface area contributed by atoms with Crippen LogP contribution in [0.25, 0.3) is 0 Å². The lowest BCUT2D eigenvalue weighted by Gasteiger charge is -2.26. The lowest BCUT2D eigenvalue weighted by molar-refractivity contribution is 0.183. The number of hydrogen-bond donors (Lipinski definition) is 1. The van der Waals surface area contributed by atoms with Gasteiger partial charge in [-0.1, -0.05) is 19.1 Å². The maximum Gasteiger partial charge on any atom is 0.0663 e. The van der Waals surface area contributed by atoms with Gasteiger partial charge in [-0.25, -0.2) is 0 Å². The molecule has 3 heteroatoms. The summed E-state index contributed by atoms with van der Waals surface area (Å²) in [5, 5.41) is 3.41. The largest absolute Gasteiger partial charge is 0.383 e. The number of anilines is 1. The maximum absolute atomic E-state index is 5.18. The zero-order valence-electron chi connectivity index (χ0n) is 12.1. The summed E-state index contributed by atoms with van der Waals surface area (Å²) in [6.45, 7) is 7.12. The van der Waals surface area contributed by atoms with E-state index in [0.29, 0.717) is 6.04 Å². The van der Waals surface area contributed by atoms with Gasteiger partial charge < -0.3 is 15.0 Å². The Morgan fingerprint density at radius 1 is 1.28 bits per heavy atom. The van der Waals surface area contributed by atoms with Crippen LogP contribution in [0.3, 0.4) is 0 Å². The van der Waals surface area contributed by atoms with Crippen molar-refractivity contribution in [3.8, 4) is 0 Å². The van der Waals surface area contributed by atoms with Crippen molar-refractivity contribution < 1.29 is 4.74 Å². The Balaban J connectivity index is 2.53. The first-order valence-corrected chi connectivity index (χ1v) is 6.70. The van der Waals surface area contributed by atoms with Gasteiger partial charge in [-0.2, -0.15) is 0 Å². The molecule has 0 spiro atoms. The summed E-state index contributed by atoms with van der Waals surface area (Å²) < 4.78 is 5.18. The Kier molecular flexibility index (Phi) is 6.76. The average molecular weight is 250 g/mol. The Labute approximate surface area is 111 Å². The summed E-state index contributed by atoms with van der Waals surface area (Å²) in [4.78, 5) is 2.24. The molecule has 1 atom stereocenters. The molecule has 1 N–H and O–H groups in total. The summed E-state index contributed by atoms with van der Waals surface area (Å²) in [5.74, 6) is 0. The predicted octanol–water partition coefficient (Wildman–Crippen LogP) is 2.66. The number of hydrogen-bond acceptors (Lipinski definition) is 3. The zero-order chi connectivity index (χ0) is 13.4. The highest BCUT2D eigenvalue weighted by atomic mass is 16.5. The molecular formula is C15H26N2O. The quantitative estimate of drug-likeness (QED) is 0.718. The molecule has 0 heterocycles. The maximum atomic E-state index is 5.18. The summed E-state index contributed by atoms with van der Waals surface area (Å²) in [5.41, 5.74) is 2.57. The third-order valence-electron chi connectivity index (χ3n) is 3.17. The number of nitrogens with one attached hydrogen (secondary N) is 1. The second kappa shape index (κ2) is 8.11. The normalized spacial score (nSPS) is 12.4. The van der Waals surface area contributed by atoms with Crippen molar-refractivity contribution in [1.29, 1.82) is 0 Å². The van der Waals surface area contributed by atoms with E-state index >= 15 is 0 Å². The summed E-state index contributed by atoms with van der Waals surface area (Å²) in [7, 11) is 3.85. The van der Waals surface area contributed by atoms with Crippen LogP contribution in [-0.2, 0) is 11.3 Å². The van der Waals surface area contributed by atoms with Crippen LogP contribution in [0.1, 0.15) is 25.8 Å². The highest BCUT2D eigenvalue weighted by Crippen LogP contribution is 2.16.